The normalized spacial score (nSPS) is 11.1. The van der Waals surface area contributed by atoms with Crippen LogP contribution >= 0.6 is 0 Å². The van der Waals surface area contributed by atoms with Gasteiger partial charge in [0.2, 0.25) is 15.9 Å². The molecular weight excluding hydrogens is 272 g/mol. The molecule has 0 saturated carbocycles. The van der Waals surface area contributed by atoms with E-state index in [0.29, 0.717) is 11.1 Å². The van der Waals surface area contributed by atoms with Crippen LogP contribution in [0.3, 0.4) is 0 Å². The van der Waals surface area contributed by atoms with Gasteiger partial charge in [-0.05, 0) is 37.1 Å². The Morgan fingerprint density at radius 3 is 2.37 bits per heavy atom. The summed E-state index contributed by atoms with van der Waals surface area (Å²) in [5.74, 6) is -2.00. The molecule has 0 unspecified atom stereocenters. The number of hydrogen-bond donors (Lipinski definition) is 3. The van der Waals surface area contributed by atoms with Crippen molar-refractivity contribution in [2.45, 2.75) is 25.2 Å². The fourth-order valence-corrected chi connectivity index (χ4v) is 2.08. The number of hydrogen-bond acceptors (Lipinski definition) is 4. The first-order chi connectivity index (χ1) is 8.61. The second kappa shape index (κ2) is 5.37. The number of rotatable bonds is 4. The van der Waals surface area contributed by atoms with Gasteiger partial charge in [0.25, 0.3) is 0 Å². The van der Waals surface area contributed by atoms with E-state index in [1.807, 2.05) is 0 Å². The van der Waals surface area contributed by atoms with Crippen LogP contribution in [0, 0.1) is 13.8 Å². The Hall–Kier alpha value is -1.93. The number of amides is 1. The molecule has 0 fully saturated rings. The Labute approximate surface area is 110 Å². The van der Waals surface area contributed by atoms with E-state index in [1.54, 1.807) is 13.8 Å². The van der Waals surface area contributed by atoms with Crippen molar-refractivity contribution in [2.75, 3.05) is 5.32 Å². The van der Waals surface area contributed by atoms with E-state index >= 15 is 0 Å². The highest BCUT2D eigenvalue weighted by atomic mass is 32.2. The first kappa shape index (κ1) is 15.1. The van der Waals surface area contributed by atoms with Gasteiger partial charge in [-0.3, -0.25) is 9.59 Å². The van der Waals surface area contributed by atoms with Crippen molar-refractivity contribution in [3.05, 3.63) is 23.3 Å². The number of aryl methyl sites for hydroxylation is 1. The van der Waals surface area contributed by atoms with E-state index in [-0.39, 0.29) is 10.6 Å². The molecule has 0 aliphatic rings. The Bertz CT molecular complexity index is 637. The van der Waals surface area contributed by atoms with Crippen molar-refractivity contribution < 1.29 is 23.1 Å². The monoisotopic (exact) mass is 286 g/mol. The SMILES string of the molecule is Cc1cc(S(N)(=O)=O)cc(NC(=O)CC(=O)O)c1C. The molecule has 0 radical (unpaired) electrons. The van der Waals surface area contributed by atoms with E-state index < -0.39 is 28.3 Å². The van der Waals surface area contributed by atoms with Gasteiger partial charge in [0.1, 0.15) is 6.42 Å². The Balaban J connectivity index is 3.17. The van der Waals surface area contributed by atoms with Crippen molar-refractivity contribution in [1.82, 2.24) is 0 Å². The van der Waals surface area contributed by atoms with Crippen molar-refractivity contribution in [3.8, 4) is 0 Å². The van der Waals surface area contributed by atoms with Crippen molar-refractivity contribution in [2.24, 2.45) is 5.14 Å². The molecule has 0 aliphatic carbocycles. The van der Waals surface area contributed by atoms with Gasteiger partial charge < -0.3 is 10.4 Å². The number of aliphatic carboxylic acids is 1. The number of nitrogens with one attached hydrogen (secondary N) is 1. The molecule has 0 aromatic heterocycles. The lowest BCUT2D eigenvalue weighted by atomic mass is 10.1. The molecule has 1 rings (SSSR count). The standard InChI is InChI=1S/C11H14N2O5S/c1-6-3-8(19(12,17)18)4-9(7(6)2)13-10(14)5-11(15)16/h3-4H,5H2,1-2H3,(H,13,14)(H,15,16)(H2,12,17,18). The van der Waals surface area contributed by atoms with E-state index in [9.17, 15) is 18.0 Å². The summed E-state index contributed by atoms with van der Waals surface area (Å²) in [6.07, 6.45) is -0.696. The molecule has 0 heterocycles. The zero-order valence-electron chi connectivity index (χ0n) is 10.4. The molecule has 104 valence electrons. The molecule has 0 saturated heterocycles. The molecule has 0 aliphatic heterocycles. The molecule has 1 aromatic carbocycles. The van der Waals surface area contributed by atoms with Gasteiger partial charge >= 0.3 is 5.97 Å². The summed E-state index contributed by atoms with van der Waals surface area (Å²) in [5, 5.41) is 15.9. The lowest BCUT2D eigenvalue weighted by Gasteiger charge is -2.12. The van der Waals surface area contributed by atoms with Crippen LogP contribution in [0.1, 0.15) is 17.5 Å². The van der Waals surface area contributed by atoms with Crippen LogP contribution in [-0.4, -0.2) is 25.4 Å². The number of sulfonamides is 1. The first-order valence-electron chi connectivity index (χ1n) is 5.27. The zero-order chi connectivity index (χ0) is 14.8. The van der Waals surface area contributed by atoms with Gasteiger partial charge in [0.05, 0.1) is 4.90 Å². The molecule has 0 atom stereocenters. The van der Waals surface area contributed by atoms with Crippen LogP contribution in [0.15, 0.2) is 17.0 Å². The molecule has 4 N–H and O–H groups in total. The number of primary sulfonamides is 1. The van der Waals surface area contributed by atoms with Crippen LogP contribution < -0.4 is 10.5 Å². The van der Waals surface area contributed by atoms with Crippen LogP contribution in [0.2, 0.25) is 0 Å². The third kappa shape index (κ3) is 4.04. The molecule has 1 amide bonds. The Morgan fingerprint density at radius 2 is 1.89 bits per heavy atom. The maximum Gasteiger partial charge on any atom is 0.312 e. The van der Waals surface area contributed by atoms with Gasteiger partial charge in [0, 0.05) is 5.69 Å². The highest BCUT2D eigenvalue weighted by Crippen LogP contribution is 2.23. The molecule has 1 aromatic rings. The van der Waals surface area contributed by atoms with Gasteiger partial charge in [-0.1, -0.05) is 0 Å². The molecule has 0 bridgehead atoms. The molecule has 7 nitrogen and oxygen atoms in total. The minimum absolute atomic E-state index is 0.138. The van der Waals surface area contributed by atoms with Crippen molar-refractivity contribution in [1.29, 1.82) is 0 Å². The summed E-state index contributed by atoms with van der Waals surface area (Å²) >= 11 is 0. The van der Waals surface area contributed by atoms with Gasteiger partial charge in [-0.25, -0.2) is 13.6 Å². The number of carboxylic acid groups (broad SMARTS) is 1. The number of nitrogens with two attached hydrogens (primary N) is 1. The predicted molar refractivity (Wildman–Crippen MR) is 68.2 cm³/mol. The van der Waals surface area contributed by atoms with Crippen LogP contribution in [-0.2, 0) is 19.6 Å². The highest BCUT2D eigenvalue weighted by Gasteiger charge is 2.15. The maximum atomic E-state index is 11.4. The number of carboxylic acids is 1. The molecule has 8 heteroatoms. The smallest absolute Gasteiger partial charge is 0.312 e. The van der Waals surface area contributed by atoms with E-state index in [4.69, 9.17) is 10.2 Å². The third-order valence-corrected chi connectivity index (χ3v) is 3.45. The van der Waals surface area contributed by atoms with Gasteiger partial charge in [0.15, 0.2) is 0 Å². The maximum absolute atomic E-state index is 11.4. The number of carbonyl (C=O) groups is 2. The van der Waals surface area contributed by atoms with Crippen LogP contribution in [0.5, 0.6) is 0 Å². The summed E-state index contributed by atoms with van der Waals surface area (Å²) in [6, 6.07) is 2.59. The van der Waals surface area contributed by atoms with Crippen LogP contribution in [0.25, 0.3) is 0 Å². The predicted octanol–water partition coefficient (Wildman–Crippen LogP) is 0.364. The fourth-order valence-electron chi connectivity index (χ4n) is 1.45. The average Bonchev–Trinajstić information content (AvgIpc) is 2.21. The summed E-state index contributed by atoms with van der Waals surface area (Å²) in [7, 11) is -3.89. The van der Waals surface area contributed by atoms with Crippen molar-refractivity contribution >= 4 is 27.6 Å². The topological polar surface area (TPSA) is 127 Å². The molecule has 0 spiro atoms. The number of benzene rings is 1. The van der Waals surface area contributed by atoms with Gasteiger partial charge in [-0.15, -0.1) is 0 Å². The van der Waals surface area contributed by atoms with Gasteiger partial charge in [-0.2, -0.15) is 0 Å². The summed E-state index contributed by atoms with van der Waals surface area (Å²) in [5.41, 5.74) is 1.50. The lowest BCUT2D eigenvalue weighted by molar-refractivity contribution is -0.139. The molecular formula is C11H14N2O5S. The fraction of sp³-hybridized carbons (Fsp3) is 0.273. The number of anilines is 1. The Kier molecular flexibility index (Phi) is 4.28. The largest absolute Gasteiger partial charge is 0.481 e. The summed E-state index contributed by atoms with van der Waals surface area (Å²) in [6.45, 7) is 3.34. The highest BCUT2D eigenvalue weighted by molar-refractivity contribution is 7.89. The quantitative estimate of drug-likeness (QED) is 0.689. The minimum Gasteiger partial charge on any atom is -0.481 e. The van der Waals surface area contributed by atoms with E-state index in [2.05, 4.69) is 5.32 Å². The average molecular weight is 286 g/mol. The second-order valence-electron chi connectivity index (χ2n) is 4.08. The third-order valence-electron chi connectivity index (χ3n) is 2.56. The molecule has 19 heavy (non-hydrogen) atoms. The lowest BCUT2D eigenvalue weighted by Crippen LogP contribution is -2.18. The van der Waals surface area contributed by atoms with Crippen molar-refractivity contribution in [3.63, 3.8) is 0 Å². The second-order valence-corrected chi connectivity index (χ2v) is 5.64. The van der Waals surface area contributed by atoms with Crippen LogP contribution in [0.4, 0.5) is 5.69 Å². The summed E-state index contributed by atoms with van der Waals surface area (Å²) < 4.78 is 22.6. The van der Waals surface area contributed by atoms with E-state index in [1.165, 1.54) is 12.1 Å². The minimum atomic E-state index is -3.89. The Morgan fingerprint density at radius 1 is 1.32 bits per heavy atom. The number of carbonyl (C=O) groups excluding carboxylic acids is 1. The van der Waals surface area contributed by atoms with E-state index in [0.717, 1.165) is 0 Å². The zero-order valence-corrected chi connectivity index (χ0v) is 11.2. The first-order valence-corrected chi connectivity index (χ1v) is 6.81. The summed E-state index contributed by atoms with van der Waals surface area (Å²) in [4.78, 5) is 21.6.